The van der Waals surface area contributed by atoms with Crippen molar-refractivity contribution in [3.63, 3.8) is 0 Å². The molecule has 0 spiro atoms. The largest absolute Gasteiger partial charge is 0.469 e. The van der Waals surface area contributed by atoms with Crippen LogP contribution < -0.4 is 0 Å². The van der Waals surface area contributed by atoms with Crippen LogP contribution in [0.25, 0.3) is 0 Å². The first-order valence-electron chi connectivity index (χ1n) is 10.4. The summed E-state index contributed by atoms with van der Waals surface area (Å²) in [5.74, 6) is 0.778. The maximum absolute atomic E-state index is 11.0. The standard InChI is InChI=1S/C22H42O2/c1-4-5-6-15-18-21(2)19-16-13-11-9-7-8-10-12-14-17-20-22(23)24-3/h13,16,21H,4-12,14-15,17-20H2,1-3H3. The molecule has 0 amide bonds. The van der Waals surface area contributed by atoms with Crippen molar-refractivity contribution in [2.24, 2.45) is 5.92 Å². The Bertz CT molecular complexity index is 296. The normalized spacial score (nSPS) is 12.6. The summed E-state index contributed by atoms with van der Waals surface area (Å²) in [6, 6.07) is 0. The first-order chi connectivity index (χ1) is 11.7. The molecule has 2 heteroatoms. The Labute approximate surface area is 151 Å². The minimum Gasteiger partial charge on any atom is -0.469 e. The second-order valence-electron chi connectivity index (χ2n) is 7.25. The zero-order valence-corrected chi connectivity index (χ0v) is 16.7. The summed E-state index contributed by atoms with van der Waals surface area (Å²) >= 11 is 0. The van der Waals surface area contributed by atoms with Gasteiger partial charge in [-0.05, 0) is 31.6 Å². The number of rotatable bonds is 17. The summed E-state index contributed by atoms with van der Waals surface area (Å²) in [4.78, 5) is 11.0. The number of unbranched alkanes of at least 4 members (excludes halogenated alkanes) is 10. The molecular weight excluding hydrogens is 296 g/mol. The highest BCUT2D eigenvalue weighted by Crippen LogP contribution is 2.15. The molecule has 0 aliphatic rings. The zero-order valence-electron chi connectivity index (χ0n) is 16.7. The van der Waals surface area contributed by atoms with E-state index in [1.165, 1.54) is 84.2 Å². The molecule has 0 heterocycles. The number of hydrogen-bond acceptors (Lipinski definition) is 2. The van der Waals surface area contributed by atoms with E-state index >= 15 is 0 Å². The van der Waals surface area contributed by atoms with Gasteiger partial charge in [0.15, 0.2) is 0 Å². The van der Waals surface area contributed by atoms with Gasteiger partial charge in [0, 0.05) is 6.42 Å². The highest BCUT2D eigenvalue weighted by molar-refractivity contribution is 5.68. The van der Waals surface area contributed by atoms with Crippen molar-refractivity contribution in [2.75, 3.05) is 7.11 Å². The monoisotopic (exact) mass is 338 g/mol. The van der Waals surface area contributed by atoms with Gasteiger partial charge in [0.2, 0.25) is 0 Å². The average molecular weight is 339 g/mol. The van der Waals surface area contributed by atoms with Crippen molar-refractivity contribution in [2.45, 2.75) is 110 Å². The molecule has 0 aromatic rings. The summed E-state index contributed by atoms with van der Waals surface area (Å²) < 4.78 is 4.64. The number of esters is 1. The van der Waals surface area contributed by atoms with Gasteiger partial charge in [-0.25, -0.2) is 0 Å². The van der Waals surface area contributed by atoms with Gasteiger partial charge in [-0.3, -0.25) is 4.79 Å². The Morgan fingerprint density at radius 1 is 0.875 bits per heavy atom. The lowest BCUT2D eigenvalue weighted by atomic mass is 9.99. The molecule has 1 atom stereocenters. The number of allylic oxidation sites excluding steroid dienone is 2. The van der Waals surface area contributed by atoms with Crippen LogP contribution in [-0.4, -0.2) is 13.1 Å². The van der Waals surface area contributed by atoms with E-state index in [4.69, 9.17) is 0 Å². The van der Waals surface area contributed by atoms with Crippen LogP contribution in [0.3, 0.4) is 0 Å². The van der Waals surface area contributed by atoms with Crippen LogP contribution in [0.4, 0.5) is 0 Å². The van der Waals surface area contributed by atoms with Gasteiger partial charge >= 0.3 is 5.97 Å². The van der Waals surface area contributed by atoms with Gasteiger partial charge < -0.3 is 4.74 Å². The molecule has 0 radical (unpaired) electrons. The van der Waals surface area contributed by atoms with Gasteiger partial charge in [0.25, 0.3) is 0 Å². The SMILES string of the molecule is CCCCCCC(C)CC=CCCCCCCCCCC(=O)OC. The predicted molar refractivity (Wildman–Crippen MR) is 105 cm³/mol. The zero-order chi connectivity index (χ0) is 17.9. The van der Waals surface area contributed by atoms with E-state index in [-0.39, 0.29) is 5.97 Å². The average Bonchev–Trinajstić information content (AvgIpc) is 2.59. The van der Waals surface area contributed by atoms with E-state index in [2.05, 4.69) is 30.7 Å². The smallest absolute Gasteiger partial charge is 0.305 e. The quantitative estimate of drug-likeness (QED) is 0.159. The summed E-state index contributed by atoms with van der Waals surface area (Å²) in [6.07, 6.45) is 23.5. The number of carbonyl (C=O) groups is 1. The third kappa shape index (κ3) is 17.6. The molecule has 0 rings (SSSR count). The Hall–Kier alpha value is -0.790. The number of carbonyl (C=O) groups excluding carboxylic acids is 1. The van der Waals surface area contributed by atoms with E-state index in [0.29, 0.717) is 6.42 Å². The lowest BCUT2D eigenvalue weighted by Crippen LogP contribution is -1.99. The molecule has 0 N–H and O–H groups in total. The highest BCUT2D eigenvalue weighted by Gasteiger charge is 2.00. The molecule has 142 valence electrons. The number of ether oxygens (including phenoxy) is 1. The molecule has 0 saturated heterocycles. The first kappa shape index (κ1) is 23.2. The van der Waals surface area contributed by atoms with Crippen LogP contribution in [-0.2, 0) is 9.53 Å². The van der Waals surface area contributed by atoms with Crippen LogP contribution in [0.15, 0.2) is 12.2 Å². The number of hydrogen-bond donors (Lipinski definition) is 0. The Morgan fingerprint density at radius 2 is 1.50 bits per heavy atom. The van der Waals surface area contributed by atoms with E-state index in [1.807, 2.05) is 0 Å². The van der Waals surface area contributed by atoms with Crippen molar-refractivity contribution in [1.82, 2.24) is 0 Å². The maximum Gasteiger partial charge on any atom is 0.305 e. The van der Waals surface area contributed by atoms with Crippen LogP contribution in [0.1, 0.15) is 110 Å². The van der Waals surface area contributed by atoms with E-state index in [0.717, 1.165) is 18.8 Å². The van der Waals surface area contributed by atoms with Crippen LogP contribution in [0, 0.1) is 5.92 Å². The molecule has 0 aromatic heterocycles. The molecular formula is C22H42O2. The third-order valence-corrected chi connectivity index (χ3v) is 4.73. The number of methoxy groups -OCH3 is 1. The van der Waals surface area contributed by atoms with Crippen LogP contribution >= 0.6 is 0 Å². The minimum atomic E-state index is -0.0722. The fraction of sp³-hybridized carbons (Fsp3) is 0.864. The van der Waals surface area contributed by atoms with Crippen molar-refractivity contribution in [1.29, 1.82) is 0 Å². The first-order valence-corrected chi connectivity index (χ1v) is 10.4. The summed E-state index contributed by atoms with van der Waals surface area (Å²) in [5.41, 5.74) is 0. The molecule has 0 aliphatic heterocycles. The Balaban J connectivity index is 3.24. The molecule has 24 heavy (non-hydrogen) atoms. The van der Waals surface area contributed by atoms with Gasteiger partial charge in [-0.15, -0.1) is 0 Å². The van der Waals surface area contributed by atoms with Crippen molar-refractivity contribution < 1.29 is 9.53 Å². The van der Waals surface area contributed by atoms with Crippen LogP contribution in [0.2, 0.25) is 0 Å². The summed E-state index contributed by atoms with van der Waals surface area (Å²) in [7, 11) is 1.46. The topological polar surface area (TPSA) is 26.3 Å². The fourth-order valence-corrected chi connectivity index (χ4v) is 3.00. The highest BCUT2D eigenvalue weighted by atomic mass is 16.5. The van der Waals surface area contributed by atoms with Crippen molar-refractivity contribution in [3.05, 3.63) is 12.2 Å². The lowest BCUT2D eigenvalue weighted by molar-refractivity contribution is -0.140. The predicted octanol–water partition coefficient (Wildman–Crippen LogP) is 7.22. The summed E-state index contributed by atoms with van der Waals surface area (Å²) in [5, 5.41) is 0. The second kappa shape index (κ2) is 18.5. The summed E-state index contributed by atoms with van der Waals surface area (Å²) in [6.45, 7) is 4.66. The van der Waals surface area contributed by atoms with Crippen molar-refractivity contribution in [3.8, 4) is 0 Å². The molecule has 2 nitrogen and oxygen atoms in total. The fourth-order valence-electron chi connectivity index (χ4n) is 3.00. The Morgan fingerprint density at radius 3 is 2.17 bits per heavy atom. The van der Waals surface area contributed by atoms with Gasteiger partial charge in [-0.2, -0.15) is 0 Å². The van der Waals surface area contributed by atoms with E-state index in [1.54, 1.807) is 0 Å². The van der Waals surface area contributed by atoms with Crippen molar-refractivity contribution >= 4 is 5.97 Å². The molecule has 0 aliphatic carbocycles. The van der Waals surface area contributed by atoms with Gasteiger partial charge in [0.1, 0.15) is 0 Å². The Kier molecular flexibility index (Phi) is 17.9. The third-order valence-electron chi connectivity index (χ3n) is 4.73. The molecule has 1 unspecified atom stereocenters. The van der Waals surface area contributed by atoms with Crippen LogP contribution in [0.5, 0.6) is 0 Å². The van der Waals surface area contributed by atoms with E-state index in [9.17, 15) is 4.79 Å². The molecule has 0 fully saturated rings. The minimum absolute atomic E-state index is 0.0722. The lowest BCUT2D eigenvalue weighted by Gasteiger charge is -2.07. The molecule has 0 bridgehead atoms. The second-order valence-corrected chi connectivity index (χ2v) is 7.25. The van der Waals surface area contributed by atoms with Gasteiger partial charge in [0.05, 0.1) is 7.11 Å². The maximum atomic E-state index is 11.0. The van der Waals surface area contributed by atoms with Gasteiger partial charge in [-0.1, -0.05) is 90.2 Å². The molecule has 0 aromatic carbocycles. The van der Waals surface area contributed by atoms with E-state index < -0.39 is 0 Å². The molecule has 0 saturated carbocycles.